The number of hydrogen-bond acceptors (Lipinski definition) is 10. The van der Waals surface area contributed by atoms with Gasteiger partial charge in [-0.2, -0.15) is 15.2 Å². The Labute approximate surface area is 161 Å². The summed E-state index contributed by atoms with van der Waals surface area (Å²) in [5, 5.41) is 23.2. The Balaban J connectivity index is 0.000000200. The average Bonchev–Trinajstić information content (AvgIpc) is 3.11. The van der Waals surface area contributed by atoms with Gasteiger partial charge in [-0.3, -0.25) is 0 Å². The van der Waals surface area contributed by atoms with Crippen LogP contribution in [-0.2, 0) is 19.0 Å². The van der Waals surface area contributed by atoms with E-state index in [2.05, 4.69) is 25.3 Å². The third-order valence-corrected chi connectivity index (χ3v) is 3.87. The van der Waals surface area contributed by atoms with E-state index in [4.69, 9.17) is 25.6 Å². The molecule has 0 aromatic carbocycles. The molecule has 12 heteroatoms. The van der Waals surface area contributed by atoms with E-state index in [-0.39, 0.29) is 5.82 Å². The van der Waals surface area contributed by atoms with Gasteiger partial charge in [-0.15, -0.1) is 0 Å². The predicted octanol–water partition coefficient (Wildman–Crippen LogP) is 0.689. The summed E-state index contributed by atoms with van der Waals surface area (Å²) in [6.07, 6.45) is -4.82. The van der Waals surface area contributed by atoms with Crippen molar-refractivity contribution in [1.29, 1.82) is 5.26 Å². The number of fused-ring (bicyclic) bond motifs is 1. The lowest BCUT2D eigenvalue weighted by molar-refractivity contribution is -0.208. The molecule has 0 bridgehead atoms. The van der Waals surface area contributed by atoms with E-state index in [1.165, 1.54) is 0 Å². The van der Waals surface area contributed by atoms with Gasteiger partial charge in [0.15, 0.2) is 23.5 Å². The van der Waals surface area contributed by atoms with Gasteiger partial charge in [-0.05, 0) is 20.8 Å². The lowest BCUT2D eigenvalue weighted by Gasteiger charge is -2.20. The number of nitrogen functional groups attached to an aromatic ring is 1. The number of nitrogens with zero attached hydrogens (tertiary/aromatic N) is 3. The fourth-order valence-corrected chi connectivity index (χ4v) is 2.76. The molecule has 2 aliphatic heterocycles. The maximum absolute atomic E-state index is 13.1. The molecule has 3 heterocycles. The average molecular weight is 398 g/mol. The SMILES string of the molecule is CC1(C)O[C@@H]2[C@@H](C(=O)O)OC(F)[C@@H]2O1.CCNc1nc(C#N)nc(NC)c1N. The summed E-state index contributed by atoms with van der Waals surface area (Å²) in [7, 11) is 1.69. The number of anilines is 3. The smallest absolute Gasteiger partial charge is 0.335 e. The van der Waals surface area contributed by atoms with Crippen molar-refractivity contribution in [3.63, 3.8) is 0 Å². The Morgan fingerprint density at radius 2 is 1.96 bits per heavy atom. The minimum absolute atomic E-state index is 0.0968. The van der Waals surface area contributed by atoms with E-state index >= 15 is 0 Å². The largest absolute Gasteiger partial charge is 0.479 e. The molecular formula is C16H23FN6O5. The number of nitrogens with one attached hydrogen (secondary N) is 2. The molecule has 0 radical (unpaired) electrons. The fraction of sp³-hybridized carbons (Fsp3) is 0.625. The molecule has 0 spiro atoms. The molecule has 2 aliphatic rings. The molecule has 3 rings (SSSR count). The maximum atomic E-state index is 13.1. The van der Waals surface area contributed by atoms with Crippen molar-refractivity contribution in [2.24, 2.45) is 0 Å². The van der Waals surface area contributed by atoms with Crippen LogP contribution >= 0.6 is 0 Å². The van der Waals surface area contributed by atoms with Crippen molar-refractivity contribution in [1.82, 2.24) is 9.97 Å². The lowest BCUT2D eigenvalue weighted by Crippen LogP contribution is -2.35. The summed E-state index contributed by atoms with van der Waals surface area (Å²) in [6, 6.07) is 1.87. The third-order valence-electron chi connectivity index (χ3n) is 3.87. The van der Waals surface area contributed by atoms with Gasteiger partial charge in [0.25, 0.3) is 0 Å². The van der Waals surface area contributed by atoms with Gasteiger partial charge in [0, 0.05) is 13.6 Å². The van der Waals surface area contributed by atoms with Crippen LogP contribution in [-0.4, -0.2) is 65.1 Å². The van der Waals surface area contributed by atoms with Crippen molar-refractivity contribution >= 4 is 23.3 Å². The number of alkyl halides is 1. The maximum Gasteiger partial charge on any atom is 0.335 e. The number of carboxylic acids is 1. The third kappa shape index (κ3) is 4.56. The van der Waals surface area contributed by atoms with Crippen LogP contribution < -0.4 is 16.4 Å². The van der Waals surface area contributed by atoms with Crippen molar-refractivity contribution < 1.29 is 28.5 Å². The second-order valence-electron chi connectivity index (χ2n) is 6.36. The topological polar surface area (TPSA) is 165 Å². The van der Waals surface area contributed by atoms with Crippen LogP contribution in [0.5, 0.6) is 0 Å². The second kappa shape index (κ2) is 8.51. The highest BCUT2D eigenvalue weighted by molar-refractivity contribution is 5.74. The van der Waals surface area contributed by atoms with Crippen LogP contribution in [0.25, 0.3) is 0 Å². The number of nitrogens with two attached hydrogens (primary N) is 1. The Kier molecular flexibility index (Phi) is 6.55. The molecule has 5 N–H and O–H groups in total. The Bertz CT molecular complexity index is 771. The minimum Gasteiger partial charge on any atom is -0.479 e. The number of ether oxygens (including phenoxy) is 3. The molecule has 1 aromatic heterocycles. The molecule has 1 unspecified atom stereocenters. The number of nitriles is 1. The van der Waals surface area contributed by atoms with Gasteiger partial charge in [0.1, 0.15) is 24.0 Å². The van der Waals surface area contributed by atoms with Gasteiger partial charge in [0.05, 0.1) is 0 Å². The van der Waals surface area contributed by atoms with E-state index in [0.29, 0.717) is 23.9 Å². The quantitative estimate of drug-likeness (QED) is 0.564. The van der Waals surface area contributed by atoms with Gasteiger partial charge in [-0.25, -0.2) is 9.18 Å². The number of rotatable bonds is 4. The first-order valence-electron chi connectivity index (χ1n) is 8.50. The summed E-state index contributed by atoms with van der Waals surface area (Å²) in [5.41, 5.74) is 6.17. The number of halogens is 1. The molecule has 0 saturated carbocycles. The van der Waals surface area contributed by atoms with Crippen LogP contribution in [0.1, 0.15) is 26.6 Å². The zero-order valence-corrected chi connectivity index (χ0v) is 15.9. The Morgan fingerprint density at radius 3 is 2.50 bits per heavy atom. The first-order valence-corrected chi connectivity index (χ1v) is 8.50. The second-order valence-corrected chi connectivity index (χ2v) is 6.36. The van der Waals surface area contributed by atoms with Crippen molar-refractivity contribution in [2.75, 3.05) is 30.0 Å². The summed E-state index contributed by atoms with van der Waals surface area (Å²) in [4.78, 5) is 18.5. The predicted molar refractivity (Wildman–Crippen MR) is 96.1 cm³/mol. The number of carboxylic acid groups (broad SMARTS) is 1. The Hall–Kier alpha value is -2.75. The van der Waals surface area contributed by atoms with Crippen LogP contribution in [0, 0.1) is 11.3 Å². The first-order chi connectivity index (χ1) is 13.1. The molecule has 1 aromatic rings. The highest BCUT2D eigenvalue weighted by Crippen LogP contribution is 2.39. The van der Waals surface area contributed by atoms with Gasteiger partial charge in [0.2, 0.25) is 12.2 Å². The fourth-order valence-electron chi connectivity index (χ4n) is 2.76. The molecule has 0 aliphatic carbocycles. The van der Waals surface area contributed by atoms with Crippen molar-refractivity contribution in [3.8, 4) is 6.07 Å². The number of aromatic nitrogens is 2. The summed E-state index contributed by atoms with van der Waals surface area (Å²) in [6.45, 7) is 5.83. The zero-order chi connectivity index (χ0) is 21.1. The zero-order valence-electron chi connectivity index (χ0n) is 15.9. The van der Waals surface area contributed by atoms with Crippen LogP contribution in [0.2, 0.25) is 0 Å². The van der Waals surface area contributed by atoms with E-state index in [1.54, 1.807) is 20.9 Å². The molecule has 154 valence electrons. The summed E-state index contributed by atoms with van der Waals surface area (Å²) in [5.74, 6) is -1.13. The first kappa shape index (κ1) is 21.5. The minimum atomic E-state index is -1.73. The molecule has 2 saturated heterocycles. The molecular weight excluding hydrogens is 375 g/mol. The van der Waals surface area contributed by atoms with Gasteiger partial charge in [-0.1, -0.05) is 0 Å². The van der Waals surface area contributed by atoms with E-state index in [1.807, 2.05) is 13.0 Å². The van der Waals surface area contributed by atoms with Crippen molar-refractivity contribution in [3.05, 3.63) is 5.82 Å². The standard InChI is InChI=1S/C8H11FO5.C8H12N6/c1-8(2)13-3-4(14-8)6(9)12-5(3)7(10)11;1-3-12-8-6(10)7(11-2)13-5(4-9)14-8/h3-6H,1-2H3,(H,10,11);3,10H2,1-2H3,(H2,11,12,13,14)/t3-,4+,5-,6?;/m0./s1. The monoisotopic (exact) mass is 398 g/mol. The van der Waals surface area contributed by atoms with Crippen LogP contribution in [0.4, 0.5) is 21.7 Å². The summed E-state index contributed by atoms with van der Waals surface area (Å²) < 4.78 is 28.1. The lowest BCUT2D eigenvalue weighted by atomic mass is 10.1. The summed E-state index contributed by atoms with van der Waals surface area (Å²) >= 11 is 0. The molecule has 2 fully saturated rings. The number of carbonyl (C=O) groups is 1. The van der Waals surface area contributed by atoms with E-state index in [9.17, 15) is 9.18 Å². The molecule has 28 heavy (non-hydrogen) atoms. The van der Waals surface area contributed by atoms with E-state index in [0.717, 1.165) is 0 Å². The normalized spacial score (nSPS) is 27.1. The van der Waals surface area contributed by atoms with Crippen LogP contribution in [0.15, 0.2) is 0 Å². The molecule has 11 nitrogen and oxygen atoms in total. The van der Waals surface area contributed by atoms with Gasteiger partial charge < -0.3 is 35.7 Å². The van der Waals surface area contributed by atoms with Crippen molar-refractivity contribution in [2.45, 2.75) is 51.2 Å². The Morgan fingerprint density at radius 1 is 1.36 bits per heavy atom. The number of hydrogen-bond donors (Lipinski definition) is 4. The van der Waals surface area contributed by atoms with E-state index < -0.39 is 36.4 Å². The molecule has 4 atom stereocenters. The number of aliphatic carboxylic acids is 1. The molecule has 0 amide bonds. The van der Waals surface area contributed by atoms with Gasteiger partial charge >= 0.3 is 5.97 Å². The highest BCUT2D eigenvalue weighted by atomic mass is 19.1. The van der Waals surface area contributed by atoms with Crippen LogP contribution in [0.3, 0.4) is 0 Å². The highest BCUT2D eigenvalue weighted by Gasteiger charge is 2.58.